The predicted octanol–water partition coefficient (Wildman–Crippen LogP) is 5.08. The SMILES string of the molecule is CCCCCc1c(S)ccc(O)c1-c1ccccc1. The first-order valence-electron chi connectivity index (χ1n) is 6.83. The molecule has 0 unspecified atom stereocenters. The van der Waals surface area contributed by atoms with Gasteiger partial charge in [0.2, 0.25) is 0 Å². The Bertz CT molecular complexity index is 534. The zero-order chi connectivity index (χ0) is 13.7. The highest BCUT2D eigenvalue weighted by molar-refractivity contribution is 7.80. The maximum atomic E-state index is 10.2. The first-order chi connectivity index (χ1) is 9.24. The number of rotatable bonds is 5. The summed E-state index contributed by atoms with van der Waals surface area (Å²) in [6.45, 7) is 2.20. The number of benzene rings is 2. The quantitative estimate of drug-likeness (QED) is 0.574. The van der Waals surface area contributed by atoms with Crippen LogP contribution in [0.25, 0.3) is 11.1 Å². The summed E-state index contributed by atoms with van der Waals surface area (Å²) in [5.41, 5.74) is 3.15. The van der Waals surface area contributed by atoms with Crippen molar-refractivity contribution in [3.8, 4) is 16.9 Å². The summed E-state index contributed by atoms with van der Waals surface area (Å²) in [6.07, 6.45) is 4.50. The van der Waals surface area contributed by atoms with Gasteiger partial charge in [-0.15, -0.1) is 12.6 Å². The lowest BCUT2D eigenvalue weighted by Crippen LogP contribution is -1.93. The predicted molar refractivity (Wildman–Crippen MR) is 84.0 cm³/mol. The lowest BCUT2D eigenvalue weighted by Gasteiger charge is -2.14. The largest absolute Gasteiger partial charge is 0.507 e. The summed E-state index contributed by atoms with van der Waals surface area (Å²) in [5.74, 6) is 0.343. The van der Waals surface area contributed by atoms with Crippen LogP contribution in [0.2, 0.25) is 0 Å². The molecule has 0 aliphatic rings. The molecule has 0 fully saturated rings. The third-order valence-electron chi connectivity index (χ3n) is 3.36. The van der Waals surface area contributed by atoms with Gasteiger partial charge < -0.3 is 5.11 Å². The summed E-state index contributed by atoms with van der Waals surface area (Å²) >= 11 is 4.56. The highest BCUT2D eigenvalue weighted by Crippen LogP contribution is 2.36. The topological polar surface area (TPSA) is 20.2 Å². The van der Waals surface area contributed by atoms with Gasteiger partial charge in [0.15, 0.2) is 0 Å². The zero-order valence-electron chi connectivity index (χ0n) is 11.3. The molecule has 0 spiro atoms. The first kappa shape index (κ1) is 14.0. The number of thiol groups is 1. The molecule has 1 N–H and O–H groups in total. The standard InChI is InChI=1S/C17H20OS/c1-2-3-5-10-14-16(19)12-11-15(18)17(14)13-8-6-4-7-9-13/h4,6-9,11-12,18-19H,2-3,5,10H2,1H3. The van der Waals surface area contributed by atoms with E-state index in [0.717, 1.165) is 34.4 Å². The molecule has 2 aromatic rings. The minimum Gasteiger partial charge on any atom is -0.507 e. The molecule has 100 valence electrons. The molecule has 2 aromatic carbocycles. The lowest BCUT2D eigenvalue weighted by atomic mass is 9.95. The van der Waals surface area contributed by atoms with Gasteiger partial charge in [-0.3, -0.25) is 0 Å². The van der Waals surface area contributed by atoms with E-state index in [4.69, 9.17) is 0 Å². The Labute approximate surface area is 120 Å². The summed E-state index contributed by atoms with van der Waals surface area (Å²) < 4.78 is 0. The van der Waals surface area contributed by atoms with E-state index < -0.39 is 0 Å². The third-order valence-corrected chi connectivity index (χ3v) is 3.78. The van der Waals surface area contributed by atoms with E-state index in [2.05, 4.69) is 19.6 Å². The number of hydrogen-bond acceptors (Lipinski definition) is 2. The minimum absolute atomic E-state index is 0.343. The normalized spacial score (nSPS) is 10.6. The summed E-state index contributed by atoms with van der Waals surface area (Å²) in [6, 6.07) is 13.7. The van der Waals surface area contributed by atoms with Gasteiger partial charge in [-0.2, -0.15) is 0 Å². The second-order valence-electron chi connectivity index (χ2n) is 4.78. The van der Waals surface area contributed by atoms with Crippen molar-refractivity contribution in [2.45, 2.75) is 37.5 Å². The number of unbranched alkanes of at least 4 members (excludes halogenated alkanes) is 2. The molecule has 2 heteroatoms. The van der Waals surface area contributed by atoms with Crippen molar-refractivity contribution >= 4 is 12.6 Å². The Balaban J connectivity index is 2.43. The molecule has 0 aromatic heterocycles. The lowest BCUT2D eigenvalue weighted by molar-refractivity contribution is 0.476. The Morgan fingerprint density at radius 2 is 1.74 bits per heavy atom. The first-order valence-corrected chi connectivity index (χ1v) is 7.28. The molecule has 0 bridgehead atoms. The monoisotopic (exact) mass is 272 g/mol. The van der Waals surface area contributed by atoms with Crippen LogP contribution in [0, 0.1) is 0 Å². The van der Waals surface area contributed by atoms with Gasteiger partial charge in [-0.25, -0.2) is 0 Å². The fraction of sp³-hybridized carbons (Fsp3) is 0.294. The Morgan fingerprint density at radius 3 is 2.42 bits per heavy atom. The van der Waals surface area contributed by atoms with E-state index in [9.17, 15) is 5.11 Å². The van der Waals surface area contributed by atoms with Crippen LogP contribution in [0.3, 0.4) is 0 Å². The van der Waals surface area contributed by atoms with Crippen LogP contribution >= 0.6 is 12.6 Å². The van der Waals surface area contributed by atoms with Crippen LogP contribution in [0.4, 0.5) is 0 Å². The molecule has 19 heavy (non-hydrogen) atoms. The van der Waals surface area contributed by atoms with E-state index in [1.54, 1.807) is 6.07 Å². The molecule has 2 rings (SSSR count). The van der Waals surface area contributed by atoms with Crippen molar-refractivity contribution in [3.63, 3.8) is 0 Å². The maximum Gasteiger partial charge on any atom is 0.123 e. The zero-order valence-corrected chi connectivity index (χ0v) is 12.2. The second kappa shape index (κ2) is 6.67. The molecule has 0 atom stereocenters. The smallest absolute Gasteiger partial charge is 0.123 e. The van der Waals surface area contributed by atoms with Crippen LogP contribution in [0.5, 0.6) is 5.75 Å². The fourth-order valence-corrected chi connectivity index (χ4v) is 2.65. The second-order valence-corrected chi connectivity index (χ2v) is 5.26. The molecule has 0 saturated carbocycles. The van der Waals surface area contributed by atoms with Crippen LogP contribution in [0.15, 0.2) is 47.4 Å². The van der Waals surface area contributed by atoms with Crippen molar-refractivity contribution in [1.29, 1.82) is 0 Å². The van der Waals surface area contributed by atoms with E-state index in [1.807, 2.05) is 36.4 Å². The summed E-state index contributed by atoms with van der Waals surface area (Å²) in [7, 11) is 0. The van der Waals surface area contributed by atoms with Gasteiger partial charge in [0.05, 0.1) is 0 Å². The Kier molecular flexibility index (Phi) is 4.92. The number of phenolic OH excluding ortho intramolecular Hbond substituents is 1. The van der Waals surface area contributed by atoms with E-state index in [0.29, 0.717) is 5.75 Å². The molecule has 0 saturated heterocycles. The van der Waals surface area contributed by atoms with Gasteiger partial charge in [-0.1, -0.05) is 50.1 Å². The van der Waals surface area contributed by atoms with Gasteiger partial charge in [0.25, 0.3) is 0 Å². The maximum absolute atomic E-state index is 10.2. The van der Waals surface area contributed by atoms with Gasteiger partial charge in [0, 0.05) is 10.5 Å². The van der Waals surface area contributed by atoms with Crippen molar-refractivity contribution < 1.29 is 5.11 Å². The molecule has 0 radical (unpaired) electrons. The number of aromatic hydroxyl groups is 1. The van der Waals surface area contributed by atoms with Gasteiger partial charge in [0.1, 0.15) is 5.75 Å². The Morgan fingerprint density at radius 1 is 1.00 bits per heavy atom. The minimum atomic E-state index is 0.343. The van der Waals surface area contributed by atoms with Crippen molar-refractivity contribution in [2.24, 2.45) is 0 Å². The van der Waals surface area contributed by atoms with Crippen LogP contribution < -0.4 is 0 Å². The van der Waals surface area contributed by atoms with Crippen molar-refractivity contribution in [2.75, 3.05) is 0 Å². The number of phenols is 1. The average Bonchev–Trinajstić information content (AvgIpc) is 2.44. The van der Waals surface area contributed by atoms with E-state index in [-0.39, 0.29) is 0 Å². The fourth-order valence-electron chi connectivity index (χ4n) is 2.36. The van der Waals surface area contributed by atoms with Crippen molar-refractivity contribution in [3.05, 3.63) is 48.0 Å². The van der Waals surface area contributed by atoms with Crippen LogP contribution in [-0.4, -0.2) is 5.11 Å². The molecule has 0 aliphatic heterocycles. The number of hydrogen-bond donors (Lipinski definition) is 2. The van der Waals surface area contributed by atoms with Crippen LogP contribution in [-0.2, 0) is 6.42 Å². The van der Waals surface area contributed by atoms with E-state index >= 15 is 0 Å². The van der Waals surface area contributed by atoms with Gasteiger partial charge in [-0.05, 0) is 36.1 Å². The van der Waals surface area contributed by atoms with Crippen molar-refractivity contribution in [1.82, 2.24) is 0 Å². The Hall–Kier alpha value is -1.41. The molecule has 0 amide bonds. The molecular formula is C17H20OS. The molecule has 0 heterocycles. The third kappa shape index (κ3) is 3.32. The van der Waals surface area contributed by atoms with Gasteiger partial charge >= 0.3 is 0 Å². The highest BCUT2D eigenvalue weighted by Gasteiger charge is 2.12. The average molecular weight is 272 g/mol. The summed E-state index contributed by atoms with van der Waals surface area (Å²) in [5, 5.41) is 10.2. The van der Waals surface area contributed by atoms with Crippen LogP contribution in [0.1, 0.15) is 31.7 Å². The summed E-state index contributed by atoms with van der Waals surface area (Å²) in [4.78, 5) is 0.966. The molecular weight excluding hydrogens is 252 g/mol. The molecule has 1 nitrogen and oxygen atoms in total. The van der Waals surface area contributed by atoms with E-state index in [1.165, 1.54) is 12.8 Å². The highest BCUT2D eigenvalue weighted by atomic mass is 32.1. The molecule has 0 aliphatic carbocycles.